The molecule has 2 aliphatic carbocycles. The van der Waals surface area contributed by atoms with E-state index in [2.05, 4.69) is 232 Å². The molecule has 3 heterocycles. The van der Waals surface area contributed by atoms with Crippen molar-refractivity contribution in [3.8, 4) is 33.4 Å². The number of aryl methyl sites for hydroxylation is 1. The van der Waals surface area contributed by atoms with Crippen molar-refractivity contribution in [2.75, 3.05) is 9.71 Å². The molecule has 69 heavy (non-hydrogen) atoms. The summed E-state index contributed by atoms with van der Waals surface area (Å²) in [6.07, 6.45) is 4.73. The zero-order chi connectivity index (χ0) is 48.2. The monoisotopic (exact) mass is 919 g/mol. The third-order valence-corrected chi connectivity index (χ3v) is 18.4. The summed E-state index contributed by atoms with van der Waals surface area (Å²) in [4.78, 5) is 5.50. The topological polar surface area (TPSA) is 6.48 Å². The van der Waals surface area contributed by atoms with Crippen LogP contribution in [0.1, 0.15) is 135 Å². The number of hydrogen-bond donors (Lipinski definition) is 0. The molecular formula is C65H67BN2S. The maximum absolute atomic E-state index is 2.78. The number of hydrogen-bond acceptors (Lipinski definition) is 3. The highest BCUT2D eigenvalue weighted by Gasteiger charge is 2.49. The fourth-order valence-electron chi connectivity index (χ4n) is 12.8. The summed E-state index contributed by atoms with van der Waals surface area (Å²) in [6, 6.07) is 54.6. The van der Waals surface area contributed by atoms with Crippen molar-refractivity contribution in [1.29, 1.82) is 0 Å². The summed E-state index contributed by atoms with van der Waals surface area (Å²) in [7, 11) is 0. The molecule has 0 atom stereocenters. The van der Waals surface area contributed by atoms with Crippen LogP contribution in [0.5, 0.6) is 0 Å². The van der Waals surface area contributed by atoms with Crippen LogP contribution >= 0.6 is 11.3 Å². The molecule has 0 spiro atoms. The van der Waals surface area contributed by atoms with E-state index in [9.17, 15) is 0 Å². The zero-order valence-corrected chi connectivity index (χ0v) is 43.8. The van der Waals surface area contributed by atoms with Crippen LogP contribution in [-0.2, 0) is 27.1 Å². The SMILES string of the molecule is Cc1cc2c3c(c1)N(c1ccc(C(C)(C)C)cc1-c1ccccc1)c1c(sc4cc5c(cc14)C(C)(C)CCC5(C)C)B3N(c1ccc3c(c1)C(C)(C)CCC3(C)C)c1cc(-c3ccccc3)ccc1-2. The Hall–Kier alpha value is -5.84. The van der Waals surface area contributed by atoms with Crippen LogP contribution in [0.4, 0.5) is 28.4 Å². The molecule has 7 aromatic carbocycles. The Morgan fingerprint density at radius 3 is 1.75 bits per heavy atom. The molecule has 0 saturated carbocycles. The van der Waals surface area contributed by atoms with Crippen LogP contribution in [0, 0.1) is 6.92 Å². The van der Waals surface area contributed by atoms with Gasteiger partial charge in [0.05, 0.1) is 11.4 Å². The number of rotatable bonds is 4. The Balaban J connectivity index is 1.23. The molecule has 1 aromatic heterocycles. The second kappa shape index (κ2) is 15.1. The summed E-state index contributed by atoms with van der Waals surface area (Å²) in [5.74, 6) is 0. The van der Waals surface area contributed by atoms with Gasteiger partial charge in [-0.15, -0.1) is 11.3 Å². The van der Waals surface area contributed by atoms with Crippen LogP contribution in [0.15, 0.2) is 140 Å². The second-order valence-electron chi connectivity index (χ2n) is 24.8. The minimum atomic E-state index is -0.0670. The van der Waals surface area contributed by atoms with Gasteiger partial charge >= 0.3 is 6.85 Å². The molecule has 8 aromatic rings. The number of fused-ring (bicyclic) bond motifs is 8. The van der Waals surface area contributed by atoms with E-state index in [0.717, 1.165) is 0 Å². The van der Waals surface area contributed by atoms with Crippen molar-refractivity contribution >= 4 is 66.9 Å². The molecule has 0 unspecified atom stereocenters. The lowest BCUT2D eigenvalue weighted by Crippen LogP contribution is -2.60. The molecule has 0 saturated heterocycles. The Bertz CT molecular complexity index is 3400. The first kappa shape index (κ1) is 44.4. The highest BCUT2D eigenvalue weighted by Crippen LogP contribution is 2.56. The number of nitrogens with zero attached hydrogens (tertiary/aromatic N) is 2. The smallest absolute Gasteiger partial charge is 0.343 e. The first-order valence-corrected chi connectivity index (χ1v) is 26.4. The van der Waals surface area contributed by atoms with Gasteiger partial charge in [-0.3, -0.25) is 0 Å². The highest BCUT2D eigenvalue weighted by molar-refractivity contribution is 7.32. The van der Waals surface area contributed by atoms with Crippen molar-refractivity contribution in [3.63, 3.8) is 0 Å². The lowest BCUT2D eigenvalue weighted by Gasteiger charge is -2.46. The van der Waals surface area contributed by atoms with Gasteiger partial charge in [-0.25, -0.2) is 0 Å². The van der Waals surface area contributed by atoms with Gasteiger partial charge < -0.3 is 9.71 Å². The summed E-state index contributed by atoms with van der Waals surface area (Å²) in [5, 5.41) is 1.37. The molecule has 0 amide bonds. The molecule has 2 nitrogen and oxygen atoms in total. The lowest BCUT2D eigenvalue weighted by molar-refractivity contribution is 0.332. The molecule has 0 fully saturated rings. The average molecular weight is 919 g/mol. The quantitative estimate of drug-likeness (QED) is 0.162. The average Bonchev–Trinajstić information content (AvgIpc) is 3.70. The summed E-state index contributed by atoms with van der Waals surface area (Å²) < 4.78 is 2.79. The first-order chi connectivity index (χ1) is 32.7. The van der Waals surface area contributed by atoms with Gasteiger partial charge in [-0.1, -0.05) is 167 Å². The van der Waals surface area contributed by atoms with Crippen molar-refractivity contribution in [1.82, 2.24) is 0 Å². The van der Waals surface area contributed by atoms with Crippen LogP contribution in [0.2, 0.25) is 0 Å². The minimum Gasteiger partial charge on any atom is -0.376 e. The van der Waals surface area contributed by atoms with Gasteiger partial charge in [-0.2, -0.15) is 0 Å². The van der Waals surface area contributed by atoms with Gasteiger partial charge in [0, 0.05) is 43.1 Å². The van der Waals surface area contributed by atoms with Crippen LogP contribution in [-0.4, -0.2) is 6.85 Å². The Morgan fingerprint density at radius 2 is 1.10 bits per heavy atom. The number of thiophene rings is 1. The Morgan fingerprint density at radius 1 is 0.493 bits per heavy atom. The van der Waals surface area contributed by atoms with E-state index >= 15 is 0 Å². The maximum Gasteiger partial charge on any atom is 0.343 e. The molecule has 0 N–H and O–H groups in total. The molecule has 0 radical (unpaired) electrons. The molecule has 2 aliphatic heterocycles. The fourth-order valence-corrected chi connectivity index (χ4v) is 14.1. The summed E-state index contributed by atoms with van der Waals surface area (Å²) in [5.41, 5.74) is 24.3. The predicted molar refractivity (Wildman–Crippen MR) is 300 cm³/mol. The second-order valence-corrected chi connectivity index (χ2v) is 25.9. The summed E-state index contributed by atoms with van der Waals surface area (Å²) >= 11 is 2.04. The van der Waals surface area contributed by atoms with Crippen molar-refractivity contribution in [3.05, 3.63) is 173 Å². The Labute approximate surface area is 416 Å². The molecule has 12 rings (SSSR count). The van der Waals surface area contributed by atoms with Crippen LogP contribution in [0.3, 0.4) is 0 Å². The fraction of sp³-hybridized carbons (Fsp3) is 0.323. The van der Waals surface area contributed by atoms with E-state index in [0.29, 0.717) is 0 Å². The first-order valence-electron chi connectivity index (χ1n) is 25.6. The predicted octanol–water partition coefficient (Wildman–Crippen LogP) is 17.2. The molecule has 4 heteroatoms. The van der Waals surface area contributed by atoms with E-state index < -0.39 is 0 Å². The molecule has 0 bridgehead atoms. The number of anilines is 5. The molecule has 346 valence electrons. The maximum atomic E-state index is 2.78. The minimum absolute atomic E-state index is 0.0172. The Kier molecular flexibility index (Phi) is 9.70. The van der Waals surface area contributed by atoms with E-state index in [1.807, 2.05) is 11.3 Å². The van der Waals surface area contributed by atoms with Crippen LogP contribution < -0.4 is 20.0 Å². The zero-order valence-electron chi connectivity index (χ0n) is 43.0. The number of benzene rings is 7. The van der Waals surface area contributed by atoms with Crippen LogP contribution in [0.25, 0.3) is 43.5 Å². The van der Waals surface area contributed by atoms with Crippen molar-refractivity contribution < 1.29 is 0 Å². The van der Waals surface area contributed by atoms with Crippen molar-refractivity contribution in [2.45, 2.75) is 136 Å². The largest absolute Gasteiger partial charge is 0.376 e. The van der Waals surface area contributed by atoms with Gasteiger partial charge in [0.1, 0.15) is 0 Å². The lowest BCUT2D eigenvalue weighted by atomic mass is 9.46. The van der Waals surface area contributed by atoms with Gasteiger partial charge in [0.2, 0.25) is 0 Å². The van der Waals surface area contributed by atoms with E-state index in [1.54, 1.807) is 0 Å². The van der Waals surface area contributed by atoms with Gasteiger partial charge in [-0.05, 0) is 169 Å². The third-order valence-electron chi connectivity index (χ3n) is 17.2. The summed E-state index contributed by atoms with van der Waals surface area (Å²) in [6.45, 7) is 29.0. The molecular weight excluding hydrogens is 852 g/mol. The molecule has 4 aliphatic rings. The van der Waals surface area contributed by atoms with E-state index in [1.165, 1.54) is 141 Å². The standard InChI is InChI=1S/C65H67BN2S/c1-40-33-48-46-26-23-43(41-19-15-13-16-20-41)35-55(46)68(45-25-27-50-51(37-45)63(7,8)30-29-62(50,5)6)66-58(48)56(34-40)67(54-28-24-44(61(2,3)4)36-47(54)42-21-17-14-18-22-42)59-49-38-52-53(39-57(49)69-60(59)66)65(11,12)32-31-64(52,9)10/h13-28,33-39H,29-32H2,1-12H3. The van der Waals surface area contributed by atoms with Gasteiger partial charge in [0.25, 0.3) is 0 Å². The van der Waals surface area contributed by atoms with Gasteiger partial charge in [0.15, 0.2) is 0 Å². The van der Waals surface area contributed by atoms with E-state index in [4.69, 9.17) is 0 Å². The third kappa shape index (κ3) is 6.86. The van der Waals surface area contributed by atoms with Crippen molar-refractivity contribution in [2.24, 2.45) is 0 Å². The highest BCUT2D eigenvalue weighted by atomic mass is 32.1. The normalized spacial score (nSPS) is 18.0. The van der Waals surface area contributed by atoms with E-state index in [-0.39, 0.29) is 33.9 Å².